The van der Waals surface area contributed by atoms with Crippen molar-refractivity contribution < 1.29 is 9.72 Å². The fourth-order valence-electron chi connectivity index (χ4n) is 1.38. The predicted molar refractivity (Wildman–Crippen MR) is 69.9 cm³/mol. The van der Waals surface area contributed by atoms with E-state index in [0.717, 1.165) is 0 Å². The third-order valence-electron chi connectivity index (χ3n) is 2.23. The summed E-state index contributed by atoms with van der Waals surface area (Å²) < 4.78 is 0. The van der Waals surface area contributed by atoms with E-state index in [-0.39, 0.29) is 16.3 Å². The molecule has 1 amide bonds. The van der Waals surface area contributed by atoms with Crippen LogP contribution in [0, 0.1) is 10.1 Å². The number of carbonyl (C=O) groups is 1. The van der Waals surface area contributed by atoms with E-state index in [2.05, 4.69) is 5.32 Å². The predicted octanol–water partition coefficient (Wildman–Crippen LogP) is 2.94. The minimum Gasteiger partial charge on any atom is -0.352 e. The first-order valence-corrected chi connectivity index (χ1v) is 5.77. The van der Waals surface area contributed by atoms with Crippen LogP contribution >= 0.6 is 11.6 Å². The highest BCUT2D eigenvalue weighted by Crippen LogP contribution is 2.22. The molecule has 96 valence electrons. The number of hydrogen-bond donors (Lipinski definition) is 1. The Kier molecular flexibility index (Phi) is 5.32. The summed E-state index contributed by atoms with van der Waals surface area (Å²) in [4.78, 5) is 22.0. The monoisotopic (exact) mass is 268 g/mol. The van der Waals surface area contributed by atoms with Crippen molar-refractivity contribution in [3.8, 4) is 0 Å². The van der Waals surface area contributed by atoms with Crippen molar-refractivity contribution in [3.63, 3.8) is 0 Å². The lowest BCUT2D eigenvalue weighted by atomic mass is 10.1. The highest BCUT2D eigenvalue weighted by molar-refractivity contribution is 6.31. The largest absolute Gasteiger partial charge is 0.352 e. The summed E-state index contributed by atoms with van der Waals surface area (Å²) in [6, 6.07) is 3.98. The molecule has 0 bridgehead atoms. The lowest BCUT2D eigenvalue weighted by Gasteiger charge is -2.04. The Morgan fingerprint density at radius 2 is 2.28 bits per heavy atom. The molecule has 1 rings (SSSR count). The Bertz CT molecular complexity index is 486. The van der Waals surface area contributed by atoms with Gasteiger partial charge in [-0.2, -0.15) is 0 Å². The van der Waals surface area contributed by atoms with Crippen LogP contribution in [0.1, 0.15) is 23.7 Å². The number of nitro groups is 1. The molecule has 0 radical (unpaired) electrons. The van der Waals surface area contributed by atoms with E-state index in [1.807, 2.05) is 19.1 Å². The summed E-state index contributed by atoms with van der Waals surface area (Å²) >= 11 is 5.67. The SMILES string of the molecule is C/C=C/CCNC(=O)c1ccc(Cl)cc1[N+](=O)[O-]. The van der Waals surface area contributed by atoms with Gasteiger partial charge in [-0.25, -0.2) is 0 Å². The molecule has 0 heterocycles. The summed E-state index contributed by atoms with van der Waals surface area (Å²) in [6.45, 7) is 2.31. The molecule has 18 heavy (non-hydrogen) atoms. The maximum absolute atomic E-state index is 11.8. The maximum Gasteiger partial charge on any atom is 0.283 e. The van der Waals surface area contributed by atoms with Gasteiger partial charge in [0.05, 0.1) is 4.92 Å². The maximum atomic E-state index is 11.8. The number of halogens is 1. The normalized spacial score (nSPS) is 10.6. The van der Waals surface area contributed by atoms with Crippen molar-refractivity contribution in [2.45, 2.75) is 13.3 Å². The van der Waals surface area contributed by atoms with Gasteiger partial charge in [0.1, 0.15) is 5.56 Å². The molecule has 1 N–H and O–H groups in total. The van der Waals surface area contributed by atoms with Gasteiger partial charge in [-0.3, -0.25) is 14.9 Å². The van der Waals surface area contributed by atoms with E-state index in [1.54, 1.807) is 0 Å². The van der Waals surface area contributed by atoms with Crippen LogP contribution in [0.2, 0.25) is 5.02 Å². The van der Waals surface area contributed by atoms with Gasteiger partial charge in [-0.1, -0.05) is 23.8 Å². The highest BCUT2D eigenvalue weighted by atomic mass is 35.5. The number of benzene rings is 1. The van der Waals surface area contributed by atoms with Gasteiger partial charge >= 0.3 is 0 Å². The Labute approximate surface area is 110 Å². The quantitative estimate of drug-likeness (QED) is 0.386. The highest BCUT2D eigenvalue weighted by Gasteiger charge is 2.19. The number of nitrogens with one attached hydrogen (secondary N) is 1. The molecule has 0 unspecified atom stereocenters. The number of nitro benzene ring substituents is 1. The fourth-order valence-corrected chi connectivity index (χ4v) is 1.55. The summed E-state index contributed by atoms with van der Waals surface area (Å²) in [5.74, 6) is -0.470. The zero-order valence-electron chi connectivity index (χ0n) is 9.85. The van der Waals surface area contributed by atoms with Crippen molar-refractivity contribution in [1.82, 2.24) is 5.32 Å². The Morgan fingerprint density at radius 1 is 1.56 bits per heavy atom. The lowest BCUT2D eigenvalue weighted by molar-refractivity contribution is -0.385. The average Bonchev–Trinajstić information content (AvgIpc) is 2.34. The number of allylic oxidation sites excluding steroid dienone is 1. The molecule has 0 aliphatic heterocycles. The van der Waals surface area contributed by atoms with Crippen LogP contribution in [-0.4, -0.2) is 17.4 Å². The van der Waals surface area contributed by atoms with E-state index < -0.39 is 10.8 Å². The Balaban J connectivity index is 2.82. The third kappa shape index (κ3) is 3.85. The van der Waals surface area contributed by atoms with E-state index in [4.69, 9.17) is 11.6 Å². The molecule has 1 aromatic carbocycles. The van der Waals surface area contributed by atoms with Crippen LogP contribution in [-0.2, 0) is 0 Å². The molecule has 0 atom stereocenters. The number of amides is 1. The smallest absolute Gasteiger partial charge is 0.283 e. The van der Waals surface area contributed by atoms with E-state index >= 15 is 0 Å². The van der Waals surface area contributed by atoms with Crippen molar-refractivity contribution in [1.29, 1.82) is 0 Å². The van der Waals surface area contributed by atoms with Crippen molar-refractivity contribution >= 4 is 23.2 Å². The average molecular weight is 269 g/mol. The van der Waals surface area contributed by atoms with Crippen LogP contribution in [0.25, 0.3) is 0 Å². The van der Waals surface area contributed by atoms with Crippen LogP contribution < -0.4 is 5.32 Å². The molecule has 0 aromatic heterocycles. The summed E-state index contributed by atoms with van der Waals surface area (Å²) in [7, 11) is 0. The van der Waals surface area contributed by atoms with E-state index in [9.17, 15) is 14.9 Å². The van der Waals surface area contributed by atoms with Gasteiger partial charge in [0.25, 0.3) is 11.6 Å². The first kappa shape index (κ1) is 14.2. The second-order valence-corrected chi connectivity index (χ2v) is 3.97. The van der Waals surface area contributed by atoms with Gasteiger partial charge in [-0.05, 0) is 25.5 Å². The molecule has 0 aliphatic rings. The first-order chi connectivity index (χ1) is 8.56. The molecule has 1 aromatic rings. The Hall–Kier alpha value is -1.88. The Morgan fingerprint density at radius 3 is 2.89 bits per heavy atom. The zero-order chi connectivity index (χ0) is 13.5. The molecular weight excluding hydrogens is 256 g/mol. The van der Waals surface area contributed by atoms with Gasteiger partial charge in [0.15, 0.2) is 0 Å². The molecule has 0 fully saturated rings. The van der Waals surface area contributed by atoms with E-state index in [0.29, 0.717) is 13.0 Å². The number of hydrogen-bond acceptors (Lipinski definition) is 3. The second-order valence-electron chi connectivity index (χ2n) is 3.53. The number of carbonyl (C=O) groups excluding carboxylic acids is 1. The first-order valence-electron chi connectivity index (χ1n) is 5.39. The summed E-state index contributed by atoms with van der Waals surface area (Å²) in [5.41, 5.74) is -0.268. The second kappa shape index (κ2) is 6.76. The van der Waals surface area contributed by atoms with Gasteiger partial charge in [-0.15, -0.1) is 0 Å². The van der Waals surface area contributed by atoms with Crippen LogP contribution in [0.4, 0.5) is 5.69 Å². The van der Waals surface area contributed by atoms with Gasteiger partial charge < -0.3 is 5.32 Å². The molecule has 0 aliphatic carbocycles. The topological polar surface area (TPSA) is 72.2 Å². The number of rotatable bonds is 5. The van der Waals surface area contributed by atoms with Crippen molar-refractivity contribution in [3.05, 3.63) is 51.1 Å². The molecule has 5 nitrogen and oxygen atoms in total. The summed E-state index contributed by atoms with van der Waals surface area (Å²) in [5, 5.41) is 13.7. The zero-order valence-corrected chi connectivity index (χ0v) is 10.6. The van der Waals surface area contributed by atoms with Crippen molar-refractivity contribution in [2.24, 2.45) is 0 Å². The molecular formula is C12H13ClN2O3. The van der Waals surface area contributed by atoms with Crippen molar-refractivity contribution in [2.75, 3.05) is 6.54 Å². The number of nitrogens with zero attached hydrogens (tertiary/aromatic N) is 1. The molecule has 0 saturated carbocycles. The molecule has 0 spiro atoms. The van der Waals surface area contributed by atoms with Crippen LogP contribution in [0.3, 0.4) is 0 Å². The van der Waals surface area contributed by atoms with Gasteiger partial charge in [0, 0.05) is 17.6 Å². The minimum atomic E-state index is -0.618. The fraction of sp³-hybridized carbons (Fsp3) is 0.250. The standard InChI is InChI=1S/C12H13ClN2O3/c1-2-3-4-7-14-12(16)10-6-5-9(13)8-11(10)15(17)18/h2-3,5-6,8H,4,7H2,1H3,(H,14,16)/b3-2+. The molecule has 0 saturated heterocycles. The minimum absolute atomic E-state index is 0.0184. The van der Waals surface area contributed by atoms with Gasteiger partial charge in [0.2, 0.25) is 0 Å². The third-order valence-corrected chi connectivity index (χ3v) is 2.47. The lowest BCUT2D eigenvalue weighted by Crippen LogP contribution is -2.24. The van der Waals surface area contributed by atoms with Crippen LogP contribution in [0.5, 0.6) is 0 Å². The molecule has 6 heteroatoms. The summed E-state index contributed by atoms with van der Waals surface area (Å²) in [6.07, 6.45) is 4.46. The van der Waals surface area contributed by atoms with E-state index in [1.165, 1.54) is 18.2 Å². The van der Waals surface area contributed by atoms with Crippen LogP contribution in [0.15, 0.2) is 30.4 Å².